The van der Waals surface area contributed by atoms with E-state index in [9.17, 15) is 9.90 Å². The fourth-order valence-corrected chi connectivity index (χ4v) is 3.39. The zero-order valence-electron chi connectivity index (χ0n) is 12.3. The number of hydrogen-bond donors (Lipinski definition) is 2. The Morgan fingerprint density at radius 1 is 1.38 bits per heavy atom. The summed E-state index contributed by atoms with van der Waals surface area (Å²) in [5.74, 6) is 1.23. The fraction of sp³-hybridized carbons (Fsp3) is 0.412. The first kappa shape index (κ1) is 13.9. The van der Waals surface area contributed by atoms with Crippen LogP contribution in [-0.2, 0) is 0 Å². The summed E-state index contributed by atoms with van der Waals surface area (Å²) < 4.78 is 0. The number of rotatable bonds is 3. The van der Waals surface area contributed by atoms with Crippen LogP contribution in [0.2, 0.25) is 0 Å². The van der Waals surface area contributed by atoms with Gasteiger partial charge in [-0.2, -0.15) is 5.10 Å². The van der Waals surface area contributed by atoms with E-state index >= 15 is 0 Å². The topological polar surface area (TPSA) is 61.7 Å². The lowest BCUT2D eigenvalue weighted by molar-refractivity contribution is -0.00126. The number of hydrogen-bond acceptors (Lipinski definition) is 3. The van der Waals surface area contributed by atoms with Crippen molar-refractivity contribution in [2.24, 2.45) is 22.4 Å². The molecule has 1 aromatic rings. The number of hydrazone groups is 1. The fourth-order valence-electron chi connectivity index (χ4n) is 3.39. The number of nitrogens with one attached hydrogen (secondary N) is 1. The van der Waals surface area contributed by atoms with Gasteiger partial charge in [-0.1, -0.05) is 19.9 Å². The van der Waals surface area contributed by atoms with Crippen molar-refractivity contribution in [3.8, 4) is 5.75 Å². The number of benzene rings is 1. The molecule has 1 amide bonds. The van der Waals surface area contributed by atoms with Crippen molar-refractivity contribution in [1.29, 1.82) is 0 Å². The second-order valence-electron chi connectivity index (χ2n) is 6.49. The molecule has 0 aromatic heterocycles. The van der Waals surface area contributed by atoms with Gasteiger partial charge in [-0.25, -0.2) is 5.43 Å². The van der Waals surface area contributed by atoms with E-state index in [1.807, 2.05) is 0 Å². The zero-order chi connectivity index (χ0) is 15.0. The Balaban J connectivity index is 1.61. The number of allylic oxidation sites excluding steroid dienone is 2. The molecule has 2 N–H and O–H groups in total. The SMILES string of the molecule is CC1(C)C2CC=C(/C=N/NC(=O)c3ccc(O)cc3)C1C2. The summed E-state index contributed by atoms with van der Waals surface area (Å²) in [5, 5.41) is 13.3. The first-order chi connectivity index (χ1) is 9.98. The van der Waals surface area contributed by atoms with E-state index in [0.29, 0.717) is 16.9 Å². The van der Waals surface area contributed by atoms with Crippen molar-refractivity contribution in [2.75, 3.05) is 0 Å². The van der Waals surface area contributed by atoms with E-state index < -0.39 is 0 Å². The van der Waals surface area contributed by atoms with Gasteiger partial charge in [0.05, 0.1) is 6.21 Å². The summed E-state index contributed by atoms with van der Waals surface area (Å²) in [7, 11) is 0. The average molecular weight is 284 g/mol. The number of carbonyl (C=O) groups excluding carboxylic acids is 1. The van der Waals surface area contributed by atoms with Gasteiger partial charge in [0.15, 0.2) is 0 Å². The van der Waals surface area contributed by atoms with Crippen LogP contribution >= 0.6 is 0 Å². The van der Waals surface area contributed by atoms with Crippen LogP contribution in [0.25, 0.3) is 0 Å². The van der Waals surface area contributed by atoms with Crippen molar-refractivity contribution in [3.63, 3.8) is 0 Å². The van der Waals surface area contributed by atoms with Gasteiger partial charge in [-0.05, 0) is 59.9 Å². The van der Waals surface area contributed by atoms with Crippen LogP contribution in [0.5, 0.6) is 5.75 Å². The number of carbonyl (C=O) groups is 1. The molecule has 3 aliphatic rings. The Bertz CT molecular complexity index is 614. The van der Waals surface area contributed by atoms with Crippen LogP contribution in [0, 0.1) is 17.3 Å². The van der Waals surface area contributed by atoms with Crippen molar-refractivity contribution < 1.29 is 9.90 Å². The molecule has 2 bridgehead atoms. The number of nitrogens with zero attached hydrogens (tertiary/aromatic N) is 1. The van der Waals surface area contributed by atoms with E-state index in [0.717, 1.165) is 12.3 Å². The Labute approximate surface area is 124 Å². The minimum absolute atomic E-state index is 0.143. The number of phenols is 1. The van der Waals surface area contributed by atoms with E-state index in [4.69, 9.17) is 0 Å². The van der Waals surface area contributed by atoms with E-state index in [-0.39, 0.29) is 11.7 Å². The average Bonchev–Trinajstić information content (AvgIpc) is 2.47. The maximum Gasteiger partial charge on any atom is 0.271 e. The maximum absolute atomic E-state index is 11.9. The number of fused-ring (bicyclic) bond motifs is 1. The van der Waals surface area contributed by atoms with Crippen LogP contribution in [0.4, 0.5) is 0 Å². The van der Waals surface area contributed by atoms with Gasteiger partial charge in [0.2, 0.25) is 0 Å². The molecule has 1 saturated carbocycles. The normalized spacial score (nSPS) is 26.1. The summed E-state index contributed by atoms with van der Waals surface area (Å²) in [5.41, 5.74) is 4.61. The van der Waals surface area contributed by atoms with Crippen molar-refractivity contribution >= 4 is 12.1 Å². The van der Waals surface area contributed by atoms with Crippen LogP contribution in [-0.4, -0.2) is 17.2 Å². The molecule has 110 valence electrons. The molecule has 4 nitrogen and oxygen atoms in total. The van der Waals surface area contributed by atoms with Gasteiger partial charge in [0, 0.05) is 5.56 Å². The van der Waals surface area contributed by atoms with Gasteiger partial charge >= 0.3 is 0 Å². The molecular weight excluding hydrogens is 264 g/mol. The Hall–Kier alpha value is -2.10. The lowest BCUT2D eigenvalue weighted by Crippen LogP contribution is -2.48. The highest BCUT2D eigenvalue weighted by Crippen LogP contribution is 2.58. The first-order valence-corrected chi connectivity index (χ1v) is 7.31. The third-order valence-electron chi connectivity index (χ3n) is 5.02. The summed E-state index contributed by atoms with van der Waals surface area (Å²) in [6, 6.07) is 6.11. The lowest BCUT2D eigenvalue weighted by atomic mass is 9.49. The number of amides is 1. The van der Waals surface area contributed by atoms with Gasteiger partial charge < -0.3 is 5.11 Å². The van der Waals surface area contributed by atoms with Crippen LogP contribution < -0.4 is 5.43 Å². The van der Waals surface area contributed by atoms with Gasteiger partial charge in [-0.15, -0.1) is 0 Å². The molecule has 2 atom stereocenters. The van der Waals surface area contributed by atoms with Crippen LogP contribution in [0.1, 0.15) is 37.0 Å². The zero-order valence-corrected chi connectivity index (χ0v) is 12.3. The highest BCUT2D eigenvalue weighted by atomic mass is 16.3. The predicted molar refractivity (Wildman–Crippen MR) is 82.1 cm³/mol. The molecule has 0 saturated heterocycles. The number of phenolic OH excluding ortho intramolecular Hbond substituents is 1. The first-order valence-electron chi connectivity index (χ1n) is 7.31. The Kier molecular flexibility index (Phi) is 3.32. The summed E-state index contributed by atoms with van der Waals surface area (Å²) in [6.45, 7) is 4.61. The Morgan fingerprint density at radius 2 is 2.10 bits per heavy atom. The Morgan fingerprint density at radius 3 is 2.71 bits per heavy atom. The quantitative estimate of drug-likeness (QED) is 0.662. The molecule has 0 radical (unpaired) electrons. The largest absolute Gasteiger partial charge is 0.508 e. The molecule has 3 aliphatic carbocycles. The molecule has 0 spiro atoms. The molecule has 4 rings (SSSR count). The second-order valence-corrected chi connectivity index (χ2v) is 6.49. The molecule has 4 heteroatoms. The minimum Gasteiger partial charge on any atom is -0.508 e. The predicted octanol–water partition coefficient (Wildman–Crippen LogP) is 3.10. The molecule has 21 heavy (non-hydrogen) atoms. The molecule has 0 heterocycles. The van der Waals surface area contributed by atoms with Crippen molar-refractivity contribution in [1.82, 2.24) is 5.43 Å². The summed E-state index contributed by atoms with van der Waals surface area (Å²) in [4.78, 5) is 11.9. The van der Waals surface area contributed by atoms with Crippen LogP contribution in [0.15, 0.2) is 41.0 Å². The van der Waals surface area contributed by atoms with Crippen molar-refractivity contribution in [3.05, 3.63) is 41.5 Å². The summed E-state index contributed by atoms with van der Waals surface area (Å²) >= 11 is 0. The molecular formula is C17H20N2O2. The maximum atomic E-state index is 11.9. The van der Waals surface area contributed by atoms with E-state index in [1.165, 1.54) is 24.1 Å². The third kappa shape index (κ3) is 2.46. The third-order valence-corrected chi connectivity index (χ3v) is 5.02. The highest BCUT2D eigenvalue weighted by molar-refractivity contribution is 5.95. The van der Waals surface area contributed by atoms with Crippen molar-refractivity contribution in [2.45, 2.75) is 26.7 Å². The second kappa shape index (κ2) is 5.02. The van der Waals surface area contributed by atoms with Gasteiger partial charge in [-0.3, -0.25) is 4.79 Å². The van der Waals surface area contributed by atoms with Crippen LogP contribution in [0.3, 0.4) is 0 Å². The molecule has 1 aromatic carbocycles. The minimum atomic E-state index is -0.270. The van der Waals surface area contributed by atoms with E-state index in [1.54, 1.807) is 18.3 Å². The highest BCUT2D eigenvalue weighted by Gasteiger charge is 2.50. The molecule has 0 aliphatic heterocycles. The van der Waals surface area contributed by atoms with E-state index in [2.05, 4.69) is 30.5 Å². The summed E-state index contributed by atoms with van der Waals surface area (Å²) in [6.07, 6.45) is 6.36. The smallest absolute Gasteiger partial charge is 0.271 e. The van der Waals surface area contributed by atoms with Gasteiger partial charge in [0.25, 0.3) is 5.91 Å². The monoisotopic (exact) mass is 284 g/mol. The molecule has 1 fully saturated rings. The lowest BCUT2D eigenvalue weighted by Gasteiger charge is -2.55. The molecule has 2 unspecified atom stereocenters. The standard InChI is InChI=1S/C17H20N2O2/c1-17(2)13-6-3-12(15(17)9-13)10-18-19-16(21)11-4-7-14(20)8-5-11/h3-5,7-8,10,13,15,20H,6,9H2,1-2H3,(H,19,21)/b18-10+. The van der Waals surface area contributed by atoms with Gasteiger partial charge in [0.1, 0.15) is 5.75 Å². The number of aromatic hydroxyl groups is 1.